The van der Waals surface area contributed by atoms with Crippen LogP contribution in [0.1, 0.15) is 37.4 Å². The molecule has 2 aromatic rings. The third kappa shape index (κ3) is 5.34. The van der Waals surface area contributed by atoms with E-state index in [1.807, 2.05) is 43.3 Å². The van der Waals surface area contributed by atoms with E-state index in [0.29, 0.717) is 36.9 Å². The highest BCUT2D eigenvalue weighted by Crippen LogP contribution is 2.40. The van der Waals surface area contributed by atoms with Crippen molar-refractivity contribution in [2.75, 3.05) is 33.8 Å². The lowest BCUT2D eigenvalue weighted by molar-refractivity contribution is -0.140. The number of amides is 1. The van der Waals surface area contributed by atoms with Crippen LogP contribution in [0.25, 0.3) is 5.76 Å². The number of ether oxygens (including phenoxy) is 1. The SMILES string of the molecule is CC(C)CCOc1cccc(C2/C(=C(\O)c3ccncc3)C(=O)C(=O)N2CCN(C)C)c1. The van der Waals surface area contributed by atoms with Crippen LogP contribution in [0.5, 0.6) is 5.75 Å². The first-order valence-corrected chi connectivity index (χ1v) is 10.9. The molecule has 32 heavy (non-hydrogen) atoms. The summed E-state index contributed by atoms with van der Waals surface area (Å²) in [5.74, 6) is -0.302. The molecule has 0 spiro atoms. The van der Waals surface area contributed by atoms with Gasteiger partial charge in [0.25, 0.3) is 11.7 Å². The topological polar surface area (TPSA) is 83.0 Å². The molecular weight excluding hydrogens is 406 g/mol. The number of likely N-dealkylation sites (N-methyl/N-ethyl adjacent to an activating group) is 1. The maximum atomic E-state index is 13.0. The molecule has 0 bridgehead atoms. The molecule has 1 atom stereocenters. The van der Waals surface area contributed by atoms with Gasteiger partial charge in [0.05, 0.1) is 18.2 Å². The number of aliphatic hydroxyl groups excluding tert-OH is 1. The fraction of sp³-hybridized carbons (Fsp3) is 0.400. The molecule has 1 aliphatic heterocycles. The van der Waals surface area contributed by atoms with Gasteiger partial charge in [0, 0.05) is 31.0 Å². The Bertz CT molecular complexity index is 986. The summed E-state index contributed by atoms with van der Waals surface area (Å²) in [5, 5.41) is 11.0. The van der Waals surface area contributed by atoms with Gasteiger partial charge in [-0.25, -0.2) is 0 Å². The van der Waals surface area contributed by atoms with Crippen molar-refractivity contribution < 1.29 is 19.4 Å². The van der Waals surface area contributed by atoms with Gasteiger partial charge in [0.15, 0.2) is 0 Å². The maximum Gasteiger partial charge on any atom is 0.295 e. The van der Waals surface area contributed by atoms with Gasteiger partial charge in [0.1, 0.15) is 11.5 Å². The van der Waals surface area contributed by atoms with Crippen LogP contribution in [0.4, 0.5) is 0 Å². The summed E-state index contributed by atoms with van der Waals surface area (Å²) >= 11 is 0. The summed E-state index contributed by atoms with van der Waals surface area (Å²) in [5.41, 5.74) is 1.25. The van der Waals surface area contributed by atoms with Crippen LogP contribution >= 0.6 is 0 Å². The largest absolute Gasteiger partial charge is 0.507 e. The molecular formula is C25H31N3O4. The molecule has 0 radical (unpaired) electrons. The summed E-state index contributed by atoms with van der Waals surface area (Å²) in [6.45, 7) is 5.80. The van der Waals surface area contributed by atoms with Crippen molar-refractivity contribution in [2.24, 2.45) is 5.92 Å². The molecule has 1 aromatic carbocycles. The van der Waals surface area contributed by atoms with E-state index in [9.17, 15) is 14.7 Å². The number of carbonyl (C=O) groups is 2. The third-order valence-electron chi connectivity index (χ3n) is 5.42. The average Bonchev–Trinajstić information content (AvgIpc) is 3.02. The van der Waals surface area contributed by atoms with Crippen molar-refractivity contribution in [1.29, 1.82) is 0 Å². The highest BCUT2D eigenvalue weighted by Gasteiger charge is 2.46. The molecule has 1 saturated heterocycles. The quantitative estimate of drug-likeness (QED) is 0.367. The van der Waals surface area contributed by atoms with Crippen LogP contribution in [0.3, 0.4) is 0 Å². The molecule has 1 N–H and O–H groups in total. The maximum absolute atomic E-state index is 13.0. The molecule has 1 aromatic heterocycles. The number of likely N-dealkylation sites (tertiary alicyclic amines) is 1. The van der Waals surface area contributed by atoms with E-state index in [4.69, 9.17) is 4.74 Å². The van der Waals surface area contributed by atoms with Crippen LogP contribution in [-0.4, -0.2) is 65.4 Å². The predicted molar refractivity (Wildman–Crippen MR) is 123 cm³/mol. The Kier molecular flexibility index (Phi) is 7.64. The predicted octanol–water partition coefficient (Wildman–Crippen LogP) is 3.49. The standard InChI is InChI=1S/C25H31N3O4/c1-17(2)10-15-32-20-7-5-6-19(16-20)22-21(23(29)18-8-11-26-12-9-18)24(30)25(31)28(22)14-13-27(3)4/h5-9,11-12,16-17,22,29H,10,13-15H2,1-4H3/b23-21+. The van der Waals surface area contributed by atoms with Crippen LogP contribution in [0.2, 0.25) is 0 Å². The van der Waals surface area contributed by atoms with E-state index in [0.717, 1.165) is 12.0 Å². The fourth-order valence-corrected chi connectivity index (χ4v) is 3.62. The molecule has 7 nitrogen and oxygen atoms in total. The Morgan fingerprint density at radius 1 is 1.19 bits per heavy atom. The first-order chi connectivity index (χ1) is 15.3. The Balaban J connectivity index is 2.04. The van der Waals surface area contributed by atoms with Gasteiger partial charge in [-0.15, -0.1) is 0 Å². The second kappa shape index (κ2) is 10.4. The first-order valence-electron chi connectivity index (χ1n) is 10.9. The van der Waals surface area contributed by atoms with Crippen LogP contribution in [-0.2, 0) is 9.59 Å². The van der Waals surface area contributed by atoms with Gasteiger partial charge in [0.2, 0.25) is 0 Å². The van der Waals surface area contributed by atoms with E-state index in [-0.39, 0.29) is 11.3 Å². The van der Waals surface area contributed by atoms with Gasteiger partial charge in [-0.2, -0.15) is 0 Å². The van der Waals surface area contributed by atoms with Gasteiger partial charge in [-0.05, 0) is 56.3 Å². The fourth-order valence-electron chi connectivity index (χ4n) is 3.62. The lowest BCUT2D eigenvalue weighted by Crippen LogP contribution is -2.35. The van der Waals surface area contributed by atoms with Crippen molar-refractivity contribution in [1.82, 2.24) is 14.8 Å². The summed E-state index contributed by atoms with van der Waals surface area (Å²) in [6.07, 6.45) is 4.00. The number of benzene rings is 1. The smallest absolute Gasteiger partial charge is 0.295 e. The van der Waals surface area contributed by atoms with Crippen molar-refractivity contribution in [3.63, 3.8) is 0 Å². The zero-order valence-corrected chi connectivity index (χ0v) is 19.1. The number of nitrogens with zero attached hydrogens (tertiary/aromatic N) is 3. The lowest BCUT2D eigenvalue weighted by atomic mass is 9.95. The van der Waals surface area contributed by atoms with Gasteiger partial charge >= 0.3 is 0 Å². The number of aromatic nitrogens is 1. The van der Waals surface area contributed by atoms with Crippen LogP contribution in [0, 0.1) is 5.92 Å². The Labute approximate surface area is 189 Å². The van der Waals surface area contributed by atoms with Crippen molar-refractivity contribution in [3.8, 4) is 5.75 Å². The second-order valence-corrected chi connectivity index (χ2v) is 8.64. The van der Waals surface area contributed by atoms with E-state index >= 15 is 0 Å². The van der Waals surface area contributed by atoms with E-state index in [2.05, 4.69) is 18.8 Å². The van der Waals surface area contributed by atoms with Gasteiger partial charge < -0.3 is 19.6 Å². The number of Topliss-reactive ketones (excluding diaryl/α,β-unsaturated/α-hetero) is 1. The number of ketones is 1. The van der Waals surface area contributed by atoms with Crippen molar-refractivity contribution in [2.45, 2.75) is 26.3 Å². The van der Waals surface area contributed by atoms with Crippen LogP contribution in [0.15, 0.2) is 54.4 Å². The minimum Gasteiger partial charge on any atom is -0.507 e. The Hall–Kier alpha value is -3.19. The second-order valence-electron chi connectivity index (χ2n) is 8.64. The van der Waals surface area contributed by atoms with E-state index in [1.54, 1.807) is 12.1 Å². The molecule has 1 fully saturated rings. The monoisotopic (exact) mass is 437 g/mol. The highest BCUT2D eigenvalue weighted by molar-refractivity contribution is 6.46. The number of hydrogen-bond donors (Lipinski definition) is 1. The summed E-state index contributed by atoms with van der Waals surface area (Å²) in [6, 6.07) is 9.94. The molecule has 2 heterocycles. The van der Waals surface area contributed by atoms with Gasteiger partial charge in [-0.3, -0.25) is 14.6 Å². The highest BCUT2D eigenvalue weighted by atomic mass is 16.5. The molecule has 170 valence electrons. The number of hydrogen-bond acceptors (Lipinski definition) is 6. The van der Waals surface area contributed by atoms with E-state index in [1.165, 1.54) is 17.3 Å². The molecule has 1 amide bonds. The minimum absolute atomic E-state index is 0.0827. The lowest BCUT2D eigenvalue weighted by Gasteiger charge is -2.27. The molecule has 0 saturated carbocycles. The molecule has 1 aliphatic rings. The normalized spacial score (nSPS) is 18.1. The molecule has 7 heteroatoms. The average molecular weight is 438 g/mol. The Morgan fingerprint density at radius 3 is 2.56 bits per heavy atom. The molecule has 3 rings (SSSR count). The third-order valence-corrected chi connectivity index (χ3v) is 5.42. The number of carbonyl (C=O) groups excluding carboxylic acids is 2. The first kappa shape index (κ1) is 23.5. The number of rotatable bonds is 9. The minimum atomic E-state index is -0.697. The van der Waals surface area contributed by atoms with E-state index < -0.39 is 17.7 Å². The number of pyridine rings is 1. The molecule has 0 aliphatic carbocycles. The van der Waals surface area contributed by atoms with Gasteiger partial charge in [-0.1, -0.05) is 26.0 Å². The summed E-state index contributed by atoms with van der Waals surface area (Å²) < 4.78 is 5.90. The zero-order chi connectivity index (χ0) is 23.3. The number of aliphatic hydroxyl groups is 1. The zero-order valence-electron chi connectivity index (χ0n) is 19.1. The molecule has 1 unspecified atom stereocenters. The van der Waals surface area contributed by atoms with Crippen LogP contribution < -0.4 is 4.74 Å². The van der Waals surface area contributed by atoms with Crippen molar-refractivity contribution >= 4 is 17.4 Å². The summed E-state index contributed by atoms with van der Waals surface area (Å²) in [7, 11) is 3.82. The summed E-state index contributed by atoms with van der Waals surface area (Å²) in [4.78, 5) is 33.4. The van der Waals surface area contributed by atoms with Crippen molar-refractivity contribution in [3.05, 3.63) is 65.5 Å². The Morgan fingerprint density at radius 2 is 1.91 bits per heavy atom.